The summed E-state index contributed by atoms with van der Waals surface area (Å²) in [5, 5.41) is 12.4. The van der Waals surface area contributed by atoms with Crippen molar-refractivity contribution in [2.75, 3.05) is 30.6 Å². The van der Waals surface area contributed by atoms with E-state index in [4.69, 9.17) is 21.1 Å². The van der Waals surface area contributed by atoms with Crippen LogP contribution in [0, 0.1) is 0 Å². The predicted octanol–water partition coefficient (Wildman–Crippen LogP) is 6.56. The maximum atomic E-state index is 13.1. The van der Waals surface area contributed by atoms with E-state index in [0.29, 0.717) is 33.5 Å². The molecule has 8 nitrogen and oxygen atoms in total. The van der Waals surface area contributed by atoms with E-state index < -0.39 is 5.91 Å². The Hall–Kier alpha value is -4.25. The average molecular weight is 608 g/mol. The number of nitrogens with one attached hydrogen (secondary N) is 3. The SMILES string of the molecule is COc1cc(OC)c(NC(=O)CSc2ccc(NC(=O)/C(=C/c3ccsc3)NC(=O)c3ccccc3)cc2)cc1Cl. The minimum absolute atomic E-state index is 0.112. The number of carbonyl (C=O) groups is 3. The van der Waals surface area contributed by atoms with Crippen LogP contribution in [0.25, 0.3) is 6.08 Å². The van der Waals surface area contributed by atoms with Crippen LogP contribution >= 0.6 is 34.7 Å². The molecule has 4 rings (SSSR count). The summed E-state index contributed by atoms with van der Waals surface area (Å²) in [6, 6.07) is 20.8. The van der Waals surface area contributed by atoms with Crippen LogP contribution in [0.4, 0.5) is 11.4 Å². The Morgan fingerprint density at radius 2 is 1.66 bits per heavy atom. The first kappa shape index (κ1) is 29.7. The van der Waals surface area contributed by atoms with Gasteiger partial charge >= 0.3 is 0 Å². The number of hydrogen-bond donors (Lipinski definition) is 3. The first-order valence-corrected chi connectivity index (χ1v) is 14.5. The molecule has 4 aromatic rings. The summed E-state index contributed by atoms with van der Waals surface area (Å²) in [5.41, 5.74) is 2.32. The van der Waals surface area contributed by atoms with E-state index >= 15 is 0 Å². The molecule has 3 aromatic carbocycles. The molecule has 0 saturated carbocycles. The van der Waals surface area contributed by atoms with Gasteiger partial charge in [0.05, 0.1) is 30.7 Å². The summed E-state index contributed by atoms with van der Waals surface area (Å²) in [5.74, 6) is -0.0939. The van der Waals surface area contributed by atoms with Crippen molar-refractivity contribution in [1.82, 2.24) is 5.32 Å². The molecular formula is C30H26ClN3O5S2. The maximum Gasteiger partial charge on any atom is 0.272 e. The zero-order valence-electron chi connectivity index (χ0n) is 22.1. The Morgan fingerprint density at radius 1 is 0.927 bits per heavy atom. The van der Waals surface area contributed by atoms with Crippen LogP contribution in [0.3, 0.4) is 0 Å². The Morgan fingerprint density at radius 3 is 2.32 bits per heavy atom. The van der Waals surface area contributed by atoms with Gasteiger partial charge < -0.3 is 25.4 Å². The van der Waals surface area contributed by atoms with Gasteiger partial charge in [-0.3, -0.25) is 14.4 Å². The van der Waals surface area contributed by atoms with Gasteiger partial charge in [-0.2, -0.15) is 11.3 Å². The Kier molecular flexibility index (Phi) is 10.4. The number of thioether (sulfide) groups is 1. The quantitative estimate of drug-likeness (QED) is 0.132. The number of methoxy groups -OCH3 is 2. The van der Waals surface area contributed by atoms with Gasteiger partial charge in [0.25, 0.3) is 11.8 Å². The third-order valence-electron chi connectivity index (χ3n) is 5.61. The number of hydrogen-bond acceptors (Lipinski definition) is 7. The van der Waals surface area contributed by atoms with Gasteiger partial charge in [-0.25, -0.2) is 0 Å². The zero-order valence-corrected chi connectivity index (χ0v) is 24.5. The number of amides is 3. The van der Waals surface area contributed by atoms with Crippen LogP contribution in [0.2, 0.25) is 5.02 Å². The molecule has 0 unspecified atom stereocenters. The second kappa shape index (κ2) is 14.4. The summed E-state index contributed by atoms with van der Waals surface area (Å²) < 4.78 is 10.5. The van der Waals surface area contributed by atoms with Gasteiger partial charge in [-0.05, 0) is 70.9 Å². The lowest BCUT2D eigenvalue weighted by atomic mass is 10.2. The molecular weight excluding hydrogens is 582 g/mol. The molecule has 0 bridgehead atoms. The van der Waals surface area contributed by atoms with Crippen LogP contribution < -0.4 is 25.4 Å². The lowest BCUT2D eigenvalue weighted by Gasteiger charge is -2.13. The number of halogens is 1. The lowest BCUT2D eigenvalue weighted by Crippen LogP contribution is -2.30. The molecule has 11 heteroatoms. The van der Waals surface area contributed by atoms with Gasteiger partial charge in [0, 0.05) is 22.2 Å². The second-order valence-electron chi connectivity index (χ2n) is 8.44. The normalized spacial score (nSPS) is 11.0. The molecule has 0 atom stereocenters. The minimum atomic E-state index is -0.465. The Bertz CT molecular complexity index is 1540. The molecule has 0 aliphatic heterocycles. The van der Waals surface area contributed by atoms with Gasteiger partial charge in [-0.15, -0.1) is 11.8 Å². The fraction of sp³-hybridized carbons (Fsp3) is 0.100. The van der Waals surface area contributed by atoms with Gasteiger partial charge in [0.15, 0.2) is 0 Å². The fourth-order valence-electron chi connectivity index (χ4n) is 3.59. The number of thiophene rings is 1. The number of rotatable bonds is 11. The molecule has 3 N–H and O–H groups in total. The molecule has 210 valence electrons. The van der Waals surface area contributed by atoms with Gasteiger partial charge in [0.2, 0.25) is 5.91 Å². The monoisotopic (exact) mass is 607 g/mol. The topological polar surface area (TPSA) is 106 Å². The summed E-state index contributed by atoms with van der Waals surface area (Å²) in [6.45, 7) is 0. The highest BCUT2D eigenvalue weighted by Crippen LogP contribution is 2.36. The molecule has 0 aliphatic carbocycles. The van der Waals surface area contributed by atoms with E-state index in [1.54, 1.807) is 66.7 Å². The summed E-state index contributed by atoms with van der Waals surface area (Å²) in [4.78, 5) is 39.2. The van der Waals surface area contributed by atoms with Crippen molar-refractivity contribution in [3.63, 3.8) is 0 Å². The van der Waals surface area contributed by atoms with E-state index in [0.717, 1.165) is 10.5 Å². The first-order valence-electron chi connectivity index (χ1n) is 12.2. The molecule has 0 saturated heterocycles. The van der Waals surface area contributed by atoms with Crippen LogP contribution in [0.15, 0.2) is 94.1 Å². The number of carbonyl (C=O) groups excluding carboxylic acids is 3. The summed E-state index contributed by atoms with van der Waals surface area (Å²) in [7, 11) is 2.99. The lowest BCUT2D eigenvalue weighted by molar-refractivity contribution is -0.114. The smallest absolute Gasteiger partial charge is 0.272 e. The molecule has 0 spiro atoms. The van der Waals surface area contributed by atoms with Crippen molar-refractivity contribution in [3.05, 3.63) is 105 Å². The highest BCUT2D eigenvalue weighted by molar-refractivity contribution is 8.00. The average Bonchev–Trinajstić information content (AvgIpc) is 3.50. The molecule has 3 amide bonds. The molecule has 0 aliphatic rings. The van der Waals surface area contributed by atoms with Crippen molar-refractivity contribution < 1.29 is 23.9 Å². The number of benzene rings is 3. The van der Waals surface area contributed by atoms with Crippen molar-refractivity contribution in [3.8, 4) is 11.5 Å². The standard InChI is InChI=1S/C30H26ClN3O5S2/c1-38-26-16-27(39-2)24(15-23(26)31)33-28(35)18-41-22-10-8-21(9-11-22)32-30(37)25(14-19-12-13-40-17-19)34-29(36)20-6-4-3-5-7-20/h3-17H,18H2,1-2H3,(H,32,37)(H,33,35)(H,34,36)/b25-14-. The van der Waals surface area contributed by atoms with Crippen LogP contribution in [-0.4, -0.2) is 37.7 Å². The third kappa shape index (κ3) is 8.37. The number of ether oxygens (including phenoxy) is 2. The summed E-state index contributed by atoms with van der Waals surface area (Å²) in [6.07, 6.45) is 1.63. The van der Waals surface area contributed by atoms with Crippen LogP contribution in [0.5, 0.6) is 11.5 Å². The van der Waals surface area contributed by atoms with E-state index in [1.807, 2.05) is 22.9 Å². The number of anilines is 2. The Balaban J connectivity index is 1.37. The predicted molar refractivity (Wildman–Crippen MR) is 165 cm³/mol. The molecule has 1 aromatic heterocycles. The van der Waals surface area contributed by atoms with E-state index in [9.17, 15) is 14.4 Å². The zero-order chi connectivity index (χ0) is 29.2. The maximum absolute atomic E-state index is 13.1. The highest BCUT2D eigenvalue weighted by atomic mass is 35.5. The van der Waals surface area contributed by atoms with Gasteiger partial charge in [-0.1, -0.05) is 29.8 Å². The van der Waals surface area contributed by atoms with E-state index in [2.05, 4.69) is 16.0 Å². The molecule has 41 heavy (non-hydrogen) atoms. The van der Waals surface area contributed by atoms with Crippen molar-refractivity contribution >= 4 is 69.9 Å². The molecule has 1 heterocycles. The van der Waals surface area contributed by atoms with Crippen LogP contribution in [-0.2, 0) is 9.59 Å². The summed E-state index contributed by atoms with van der Waals surface area (Å²) >= 11 is 9.00. The van der Waals surface area contributed by atoms with E-state index in [-0.39, 0.29) is 23.3 Å². The largest absolute Gasteiger partial charge is 0.495 e. The first-order chi connectivity index (χ1) is 19.9. The Labute approximate surface area is 250 Å². The van der Waals surface area contributed by atoms with Crippen molar-refractivity contribution in [1.29, 1.82) is 0 Å². The fourth-order valence-corrected chi connectivity index (χ4v) is 5.15. The molecule has 0 fully saturated rings. The third-order valence-corrected chi connectivity index (χ3v) is 7.62. The second-order valence-corrected chi connectivity index (χ2v) is 10.7. The van der Waals surface area contributed by atoms with Gasteiger partial charge in [0.1, 0.15) is 17.2 Å². The van der Waals surface area contributed by atoms with E-state index in [1.165, 1.54) is 37.3 Å². The highest BCUT2D eigenvalue weighted by Gasteiger charge is 2.16. The van der Waals surface area contributed by atoms with Crippen molar-refractivity contribution in [2.24, 2.45) is 0 Å². The molecule has 0 radical (unpaired) electrons. The minimum Gasteiger partial charge on any atom is -0.495 e. The van der Waals surface area contributed by atoms with Crippen LogP contribution in [0.1, 0.15) is 15.9 Å². The van der Waals surface area contributed by atoms with Crippen molar-refractivity contribution in [2.45, 2.75) is 4.90 Å².